The molecule has 0 radical (unpaired) electrons. The number of hydrogen-bond acceptors (Lipinski definition) is 3. The number of amides is 1. The molecule has 0 aliphatic carbocycles. The van der Waals surface area contributed by atoms with Crippen LogP contribution < -0.4 is 5.32 Å². The summed E-state index contributed by atoms with van der Waals surface area (Å²) in [6, 6.07) is 19.1. The zero-order valence-electron chi connectivity index (χ0n) is 10.8. The molecule has 4 nitrogen and oxygen atoms in total. The molecule has 0 aromatic heterocycles. The fourth-order valence-corrected chi connectivity index (χ4v) is 2.06. The molecule has 0 saturated carbocycles. The third kappa shape index (κ3) is 2.69. The molecule has 20 heavy (non-hydrogen) atoms. The van der Waals surface area contributed by atoms with Crippen LogP contribution in [0.15, 0.2) is 65.8 Å². The molecule has 4 heteroatoms. The zero-order chi connectivity index (χ0) is 13.8. The van der Waals surface area contributed by atoms with Gasteiger partial charge in [-0.15, -0.1) is 0 Å². The van der Waals surface area contributed by atoms with Crippen LogP contribution in [0.25, 0.3) is 0 Å². The minimum atomic E-state index is -0.564. The van der Waals surface area contributed by atoms with Crippen LogP contribution in [0, 0.1) is 0 Å². The van der Waals surface area contributed by atoms with E-state index in [-0.39, 0.29) is 5.91 Å². The number of hydrogen-bond donors (Lipinski definition) is 1. The first-order valence-corrected chi connectivity index (χ1v) is 6.47. The molecule has 0 saturated heterocycles. The van der Waals surface area contributed by atoms with E-state index in [1.807, 2.05) is 60.7 Å². The Morgan fingerprint density at radius 2 is 1.70 bits per heavy atom. The largest absolute Gasteiger partial charge is 0.382 e. The van der Waals surface area contributed by atoms with Crippen LogP contribution in [0.5, 0.6) is 0 Å². The minimum absolute atomic E-state index is 0.175. The summed E-state index contributed by atoms with van der Waals surface area (Å²) in [6.07, 6.45) is -0.0757. The van der Waals surface area contributed by atoms with Crippen LogP contribution in [-0.4, -0.2) is 17.7 Å². The van der Waals surface area contributed by atoms with Gasteiger partial charge in [-0.2, -0.15) is 0 Å². The molecule has 0 fully saturated rings. The van der Waals surface area contributed by atoms with Gasteiger partial charge in [-0.3, -0.25) is 4.79 Å². The highest BCUT2D eigenvalue weighted by Crippen LogP contribution is 2.18. The molecule has 3 rings (SSSR count). The van der Waals surface area contributed by atoms with E-state index in [4.69, 9.17) is 4.84 Å². The molecule has 1 aliphatic rings. The molecule has 1 atom stereocenters. The fraction of sp³-hybridized carbons (Fsp3) is 0.125. The zero-order valence-corrected chi connectivity index (χ0v) is 10.8. The number of carbonyl (C=O) groups is 1. The molecule has 1 amide bonds. The number of para-hydroxylation sites is 1. The lowest BCUT2D eigenvalue weighted by molar-refractivity contribution is -0.125. The van der Waals surface area contributed by atoms with Crippen molar-refractivity contribution in [3.8, 4) is 0 Å². The Morgan fingerprint density at radius 1 is 1.05 bits per heavy atom. The standard InChI is InChI=1S/C16H14N2O2/c19-16(17-13-9-5-2-6-10-13)15-11-14(18-20-15)12-7-3-1-4-8-12/h1-10,15H,11H2,(H,17,19)/t15-/m0/s1. The van der Waals surface area contributed by atoms with Crippen LogP contribution in [0.2, 0.25) is 0 Å². The highest BCUT2D eigenvalue weighted by Gasteiger charge is 2.28. The lowest BCUT2D eigenvalue weighted by atomic mass is 10.0. The first kappa shape index (κ1) is 12.4. The van der Waals surface area contributed by atoms with Crippen LogP contribution in [-0.2, 0) is 9.63 Å². The molecule has 0 spiro atoms. The van der Waals surface area contributed by atoms with E-state index in [9.17, 15) is 4.79 Å². The number of nitrogens with zero attached hydrogens (tertiary/aromatic N) is 1. The van der Waals surface area contributed by atoms with Crippen LogP contribution in [0.1, 0.15) is 12.0 Å². The Labute approximate surface area is 117 Å². The molecule has 1 aliphatic heterocycles. The van der Waals surface area contributed by atoms with Gasteiger partial charge in [0.05, 0.1) is 5.71 Å². The second kappa shape index (κ2) is 5.57. The monoisotopic (exact) mass is 266 g/mol. The summed E-state index contributed by atoms with van der Waals surface area (Å²) in [5, 5.41) is 6.82. The van der Waals surface area contributed by atoms with Gasteiger partial charge in [0.1, 0.15) is 0 Å². The van der Waals surface area contributed by atoms with Crippen LogP contribution >= 0.6 is 0 Å². The predicted octanol–water partition coefficient (Wildman–Crippen LogP) is 2.82. The summed E-state index contributed by atoms with van der Waals surface area (Å²) in [4.78, 5) is 17.3. The number of rotatable bonds is 3. The lowest BCUT2D eigenvalue weighted by Gasteiger charge is -2.09. The molecule has 1 N–H and O–H groups in total. The number of benzene rings is 2. The highest BCUT2D eigenvalue weighted by atomic mass is 16.6. The highest BCUT2D eigenvalue weighted by molar-refractivity contribution is 6.06. The van der Waals surface area contributed by atoms with E-state index in [1.165, 1.54) is 0 Å². The Kier molecular flexibility index (Phi) is 3.46. The summed E-state index contributed by atoms with van der Waals surface area (Å²) >= 11 is 0. The second-order valence-electron chi connectivity index (χ2n) is 4.56. The summed E-state index contributed by atoms with van der Waals surface area (Å²) in [7, 11) is 0. The fourth-order valence-electron chi connectivity index (χ4n) is 2.06. The van der Waals surface area contributed by atoms with E-state index >= 15 is 0 Å². The minimum Gasteiger partial charge on any atom is -0.382 e. The van der Waals surface area contributed by atoms with Crippen LogP contribution in [0.3, 0.4) is 0 Å². The maximum Gasteiger partial charge on any atom is 0.268 e. The molecular weight excluding hydrogens is 252 g/mol. The normalized spacial score (nSPS) is 17.2. The third-order valence-electron chi connectivity index (χ3n) is 3.11. The first-order chi connectivity index (χ1) is 9.83. The smallest absolute Gasteiger partial charge is 0.268 e. The van der Waals surface area contributed by atoms with E-state index < -0.39 is 6.10 Å². The van der Waals surface area contributed by atoms with Crippen molar-refractivity contribution >= 4 is 17.3 Å². The average molecular weight is 266 g/mol. The molecule has 0 unspecified atom stereocenters. The summed E-state index contributed by atoms with van der Waals surface area (Å²) in [5.41, 5.74) is 2.55. The topological polar surface area (TPSA) is 50.7 Å². The van der Waals surface area contributed by atoms with Gasteiger partial charge in [0.25, 0.3) is 5.91 Å². The van der Waals surface area contributed by atoms with Crippen molar-refractivity contribution < 1.29 is 9.63 Å². The van der Waals surface area contributed by atoms with E-state index in [0.717, 1.165) is 17.0 Å². The molecule has 1 heterocycles. The summed E-state index contributed by atoms with van der Waals surface area (Å²) in [6.45, 7) is 0. The Hall–Kier alpha value is -2.62. The van der Waals surface area contributed by atoms with E-state index in [2.05, 4.69) is 10.5 Å². The Balaban J connectivity index is 1.63. The second-order valence-corrected chi connectivity index (χ2v) is 4.56. The van der Waals surface area contributed by atoms with Crippen molar-refractivity contribution in [1.82, 2.24) is 0 Å². The molecule has 0 bridgehead atoms. The van der Waals surface area contributed by atoms with E-state index in [0.29, 0.717) is 6.42 Å². The van der Waals surface area contributed by atoms with Gasteiger partial charge in [-0.1, -0.05) is 53.7 Å². The van der Waals surface area contributed by atoms with Gasteiger partial charge in [0, 0.05) is 12.1 Å². The lowest BCUT2D eigenvalue weighted by Crippen LogP contribution is -2.27. The number of oxime groups is 1. The average Bonchev–Trinajstić information content (AvgIpc) is 2.99. The van der Waals surface area contributed by atoms with Gasteiger partial charge < -0.3 is 10.2 Å². The Morgan fingerprint density at radius 3 is 2.40 bits per heavy atom. The molecular formula is C16H14N2O2. The van der Waals surface area contributed by atoms with Gasteiger partial charge in [-0.05, 0) is 17.7 Å². The quantitative estimate of drug-likeness (QED) is 0.928. The molecule has 100 valence electrons. The summed E-state index contributed by atoms with van der Waals surface area (Å²) < 4.78 is 0. The SMILES string of the molecule is O=C(Nc1ccccc1)[C@@H]1CC(c2ccccc2)=NO1. The van der Waals surface area contributed by atoms with Gasteiger partial charge >= 0.3 is 0 Å². The van der Waals surface area contributed by atoms with Crippen molar-refractivity contribution in [2.24, 2.45) is 5.16 Å². The molecule has 2 aromatic rings. The van der Waals surface area contributed by atoms with E-state index in [1.54, 1.807) is 0 Å². The first-order valence-electron chi connectivity index (χ1n) is 6.47. The number of anilines is 1. The van der Waals surface area contributed by atoms with Gasteiger partial charge in [0.15, 0.2) is 0 Å². The van der Waals surface area contributed by atoms with Crippen molar-refractivity contribution in [2.45, 2.75) is 12.5 Å². The van der Waals surface area contributed by atoms with Gasteiger partial charge in [-0.25, -0.2) is 0 Å². The van der Waals surface area contributed by atoms with Gasteiger partial charge in [0.2, 0.25) is 6.10 Å². The van der Waals surface area contributed by atoms with Crippen molar-refractivity contribution in [1.29, 1.82) is 0 Å². The maximum atomic E-state index is 12.1. The number of carbonyl (C=O) groups excluding carboxylic acids is 1. The van der Waals surface area contributed by atoms with Crippen LogP contribution in [0.4, 0.5) is 5.69 Å². The number of nitrogens with one attached hydrogen (secondary N) is 1. The van der Waals surface area contributed by atoms with Crippen molar-refractivity contribution in [3.63, 3.8) is 0 Å². The maximum absolute atomic E-state index is 12.1. The van der Waals surface area contributed by atoms with Crippen molar-refractivity contribution in [3.05, 3.63) is 66.2 Å². The molecule has 2 aromatic carbocycles. The van der Waals surface area contributed by atoms with Crippen molar-refractivity contribution in [2.75, 3.05) is 5.32 Å². The Bertz CT molecular complexity index is 623. The predicted molar refractivity (Wildman–Crippen MR) is 77.5 cm³/mol. The third-order valence-corrected chi connectivity index (χ3v) is 3.11. The summed E-state index contributed by atoms with van der Waals surface area (Å²) in [5.74, 6) is -0.175.